The highest BCUT2D eigenvalue weighted by molar-refractivity contribution is 7.99. The Bertz CT molecular complexity index is 1110. The van der Waals surface area contributed by atoms with Crippen LogP contribution in [0, 0.1) is 24.0 Å². The number of nitrogens with one attached hydrogen (secondary N) is 1. The third-order valence-electron chi connectivity index (χ3n) is 4.76. The van der Waals surface area contributed by atoms with Crippen LogP contribution in [0.5, 0.6) is 5.75 Å². The van der Waals surface area contributed by atoms with Gasteiger partial charge >= 0.3 is 0 Å². The molecule has 9 nitrogen and oxygen atoms in total. The fourth-order valence-corrected chi connectivity index (χ4v) is 3.64. The molecular formula is C21H23N5O4S. The van der Waals surface area contributed by atoms with Gasteiger partial charge in [0.05, 0.1) is 10.7 Å². The van der Waals surface area contributed by atoms with Crippen molar-refractivity contribution in [2.45, 2.75) is 32.0 Å². The molecule has 1 heterocycles. The number of hydrogen-bond donors (Lipinski definition) is 1. The number of thioether (sulfide) groups is 1. The Kier molecular flexibility index (Phi) is 6.91. The highest BCUT2D eigenvalue weighted by Crippen LogP contribution is 2.27. The Morgan fingerprint density at radius 1 is 1.26 bits per heavy atom. The quantitative estimate of drug-likeness (QED) is 0.316. The fraction of sp³-hybridized carbons (Fsp3) is 0.286. The second-order valence-corrected chi connectivity index (χ2v) is 7.94. The molecular weight excluding hydrogens is 418 g/mol. The first kappa shape index (κ1) is 22.3. The molecule has 3 rings (SSSR count). The van der Waals surface area contributed by atoms with Crippen molar-refractivity contribution in [3.63, 3.8) is 0 Å². The van der Waals surface area contributed by atoms with Crippen LogP contribution in [-0.2, 0) is 11.8 Å². The Labute approximate surface area is 184 Å². The third kappa shape index (κ3) is 5.40. The van der Waals surface area contributed by atoms with Crippen LogP contribution in [0.15, 0.2) is 47.6 Å². The summed E-state index contributed by atoms with van der Waals surface area (Å²) in [5, 5.41) is 22.5. The van der Waals surface area contributed by atoms with Crippen LogP contribution in [0.25, 0.3) is 0 Å². The van der Waals surface area contributed by atoms with E-state index in [0.29, 0.717) is 16.7 Å². The molecule has 1 unspecified atom stereocenters. The summed E-state index contributed by atoms with van der Waals surface area (Å²) in [6.45, 7) is 5.94. The molecule has 1 N–H and O–H groups in total. The lowest BCUT2D eigenvalue weighted by Gasteiger charge is -2.16. The number of aryl methyl sites for hydroxylation is 1. The summed E-state index contributed by atoms with van der Waals surface area (Å²) in [6.07, 6.45) is -0.328. The summed E-state index contributed by atoms with van der Waals surface area (Å²) in [5.74, 6) is 1.22. The van der Waals surface area contributed by atoms with E-state index in [1.807, 2.05) is 46.0 Å². The lowest BCUT2D eigenvalue weighted by Crippen LogP contribution is -2.15. The van der Waals surface area contributed by atoms with E-state index < -0.39 is 4.92 Å². The zero-order valence-corrected chi connectivity index (χ0v) is 18.5. The Morgan fingerprint density at radius 3 is 2.74 bits per heavy atom. The average Bonchev–Trinajstić information content (AvgIpc) is 3.10. The normalized spacial score (nSPS) is 11.7. The number of nitro groups is 1. The Morgan fingerprint density at radius 2 is 2.00 bits per heavy atom. The largest absolute Gasteiger partial charge is 0.482 e. The summed E-state index contributed by atoms with van der Waals surface area (Å²) in [6, 6.07) is 11.7. The van der Waals surface area contributed by atoms with Gasteiger partial charge in [-0.05, 0) is 44.0 Å². The van der Waals surface area contributed by atoms with E-state index in [1.165, 1.54) is 30.0 Å². The standard InChI is InChI=1S/C21H23N5O4S/c1-13-7-5-10-18(14(13)2)30-15(3)20-23-24-21(25(20)4)31-12-19(27)22-16-8-6-9-17(11-16)26(28)29/h5-11,15H,12H2,1-4H3,(H,22,27). The molecule has 162 valence electrons. The molecule has 0 aliphatic carbocycles. The first-order chi connectivity index (χ1) is 14.8. The van der Waals surface area contributed by atoms with Crippen molar-refractivity contribution >= 4 is 29.0 Å². The molecule has 0 aliphatic rings. The van der Waals surface area contributed by atoms with Crippen LogP contribution in [0.3, 0.4) is 0 Å². The number of ether oxygens (including phenoxy) is 1. The van der Waals surface area contributed by atoms with Crippen LogP contribution < -0.4 is 10.1 Å². The van der Waals surface area contributed by atoms with Gasteiger partial charge in [0.2, 0.25) is 5.91 Å². The fourth-order valence-electron chi connectivity index (χ4n) is 2.93. The van der Waals surface area contributed by atoms with Crippen molar-refractivity contribution < 1.29 is 14.5 Å². The minimum Gasteiger partial charge on any atom is -0.482 e. The second-order valence-electron chi connectivity index (χ2n) is 7.00. The molecule has 0 radical (unpaired) electrons. The molecule has 0 fully saturated rings. The zero-order chi connectivity index (χ0) is 22.5. The summed E-state index contributed by atoms with van der Waals surface area (Å²) in [4.78, 5) is 22.6. The monoisotopic (exact) mass is 441 g/mol. The molecule has 0 saturated carbocycles. The number of amides is 1. The number of non-ortho nitro benzene ring substituents is 1. The van der Waals surface area contributed by atoms with Gasteiger partial charge in [-0.2, -0.15) is 0 Å². The van der Waals surface area contributed by atoms with Crippen LogP contribution in [0.4, 0.5) is 11.4 Å². The number of carbonyl (C=O) groups excluding carboxylic acids is 1. The van der Waals surface area contributed by atoms with E-state index >= 15 is 0 Å². The maximum Gasteiger partial charge on any atom is 0.271 e. The minimum absolute atomic E-state index is 0.0822. The maximum atomic E-state index is 12.2. The zero-order valence-electron chi connectivity index (χ0n) is 17.7. The Hall–Kier alpha value is -3.40. The third-order valence-corrected chi connectivity index (χ3v) is 5.78. The number of aromatic nitrogens is 3. The number of anilines is 1. The predicted molar refractivity (Wildman–Crippen MR) is 118 cm³/mol. The van der Waals surface area contributed by atoms with Gasteiger partial charge in [-0.25, -0.2) is 0 Å². The number of nitro benzene ring substituents is 1. The van der Waals surface area contributed by atoms with E-state index in [9.17, 15) is 14.9 Å². The number of hydrogen-bond acceptors (Lipinski definition) is 7. The van der Waals surface area contributed by atoms with Gasteiger partial charge in [0.1, 0.15) is 5.75 Å². The van der Waals surface area contributed by atoms with Crippen molar-refractivity contribution in [2.24, 2.45) is 7.05 Å². The van der Waals surface area contributed by atoms with Crippen molar-refractivity contribution in [3.05, 3.63) is 69.5 Å². The highest BCUT2D eigenvalue weighted by Gasteiger charge is 2.19. The summed E-state index contributed by atoms with van der Waals surface area (Å²) in [5.41, 5.74) is 2.51. The van der Waals surface area contributed by atoms with Gasteiger partial charge in [-0.15, -0.1) is 10.2 Å². The molecule has 3 aromatic rings. The van der Waals surface area contributed by atoms with Gasteiger partial charge in [0, 0.05) is 24.9 Å². The van der Waals surface area contributed by atoms with Crippen molar-refractivity contribution in [2.75, 3.05) is 11.1 Å². The van der Waals surface area contributed by atoms with E-state index in [0.717, 1.165) is 16.9 Å². The second kappa shape index (κ2) is 9.61. The van der Waals surface area contributed by atoms with Gasteiger partial charge in [-0.3, -0.25) is 14.9 Å². The van der Waals surface area contributed by atoms with E-state index in [1.54, 1.807) is 10.6 Å². The molecule has 10 heteroatoms. The maximum absolute atomic E-state index is 12.2. The SMILES string of the molecule is Cc1cccc(OC(C)c2nnc(SCC(=O)Nc3cccc([N+](=O)[O-])c3)n2C)c1C. The first-order valence-corrected chi connectivity index (χ1v) is 10.5. The molecule has 0 bridgehead atoms. The lowest BCUT2D eigenvalue weighted by atomic mass is 10.1. The molecule has 1 atom stereocenters. The summed E-state index contributed by atoms with van der Waals surface area (Å²) >= 11 is 1.22. The molecule has 31 heavy (non-hydrogen) atoms. The molecule has 0 aliphatic heterocycles. The van der Waals surface area contributed by atoms with E-state index in [2.05, 4.69) is 15.5 Å². The highest BCUT2D eigenvalue weighted by atomic mass is 32.2. The van der Waals surface area contributed by atoms with Crippen molar-refractivity contribution in [1.82, 2.24) is 14.8 Å². The van der Waals surface area contributed by atoms with Crippen LogP contribution in [0.2, 0.25) is 0 Å². The number of nitrogens with zero attached hydrogens (tertiary/aromatic N) is 4. The number of rotatable bonds is 8. The Balaban J connectivity index is 1.61. The topological polar surface area (TPSA) is 112 Å². The van der Waals surface area contributed by atoms with Gasteiger partial charge in [-0.1, -0.05) is 30.0 Å². The van der Waals surface area contributed by atoms with Crippen LogP contribution in [-0.4, -0.2) is 31.3 Å². The van der Waals surface area contributed by atoms with E-state index in [-0.39, 0.29) is 23.5 Å². The average molecular weight is 442 g/mol. The van der Waals surface area contributed by atoms with Crippen LogP contribution in [0.1, 0.15) is 30.0 Å². The number of carbonyl (C=O) groups is 1. The van der Waals surface area contributed by atoms with E-state index in [4.69, 9.17) is 4.74 Å². The van der Waals surface area contributed by atoms with Crippen molar-refractivity contribution in [1.29, 1.82) is 0 Å². The molecule has 1 amide bonds. The van der Waals surface area contributed by atoms with Gasteiger partial charge in [0.15, 0.2) is 17.1 Å². The van der Waals surface area contributed by atoms with Crippen molar-refractivity contribution in [3.8, 4) is 5.75 Å². The smallest absolute Gasteiger partial charge is 0.271 e. The lowest BCUT2D eigenvalue weighted by molar-refractivity contribution is -0.384. The predicted octanol–water partition coefficient (Wildman–Crippen LogP) is 4.21. The summed E-state index contributed by atoms with van der Waals surface area (Å²) in [7, 11) is 1.82. The molecule has 1 aromatic heterocycles. The summed E-state index contributed by atoms with van der Waals surface area (Å²) < 4.78 is 7.87. The molecule has 2 aromatic carbocycles. The minimum atomic E-state index is -0.507. The number of benzene rings is 2. The molecule has 0 saturated heterocycles. The van der Waals surface area contributed by atoms with Crippen LogP contribution >= 0.6 is 11.8 Å². The van der Waals surface area contributed by atoms with Gasteiger partial charge in [0.25, 0.3) is 5.69 Å². The van der Waals surface area contributed by atoms with Gasteiger partial charge < -0.3 is 14.6 Å². The first-order valence-electron chi connectivity index (χ1n) is 9.55. The molecule has 0 spiro atoms.